The van der Waals surface area contributed by atoms with Crippen molar-refractivity contribution in [1.82, 2.24) is 4.90 Å². The van der Waals surface area contributed by atoms with Gasteiger partial charge in [0.15, 0.2) is 5.82 Å². The lowest BCUT2D eigenvalue weighted by Gasteiger charge is -2.37. The van der Waals surface area contributed by atoms with Crippen LogP contribution in [0, 0.1) is 11.7 Å². The molecule has 0 spiro atoms. The molecule has 0 aromatic heterocycles. The number of benzene rings is 1. The Balaban J connectivity index is 1.56. The molecule has 2 aliphatic rings. The lowest BCUT2D eigenvalue weighted by Crippen LogP contribution is -2.40. The summed E-state index contributed by atoms with van der Waals surface area (Å²) in [6.45, 7) is 2.53. The van der Waals surface area contributed by atoms with Crippen LogP contribution in [0.2, 0.25) is 5.02 Å². The maximum atomic E-state index is 14.3. The number of nitrogens with zero attached hydrogens (tertiary/aromatic N) is 2. The van der Waals surface area contributed by atoms with Crippen molar-refractivity contribution in [2.45, 2.75) is 57.4 Å². The zero-order valence-electron chi connectivity index (χ0n) is 14.8. The van der Waals surface area contributed by atoms with Crippen LogP contribution >= 0.6 is 11.6 Å². The molecule has 1 aromatic rings. The van der Waals surface area contributed by atoms with Crippen molar-refractivity contribution in [3.63, 3.8) is 0 Å². The quantitative estimate of drug-likeness (QED) is 0.670. The molecule has 5 heteroatoms. The SMILES string of the molecule is O=CN(CCC1CCCN(c2cccc(Cl)c2F)C1)C1CCCCC1. The molecule has 1 saturated heterocycles. The Kier molecular flexibility index (Phi) is 6.57. The van der Waals surface area contributed by atoms with Gasteiger partial charge in [0.25, 0.3) is 0 Å². The van der Waals surface area contributed by atoms with Gasteiger partial charge in [0, 0.05) is 25.7 Å². The van der Waals surface area contributed by atoms with E-state index in [-0.39, 0.29) is 10.8 Å². The number of halogens is 2. The summed E-state index contributed by atoms with van der Waals surface area (Å²) < 4.78 is 14.3. The number of amides is 1. The van der Waals surface area contributed by atoms with E-state index in [4.69, 9.17) is 11.6 Å². The van der Waals surface area contributed by atoms with Gasteiger partial charge in [0.1, 0.15) is 0 Å². The van der Waals surface area contributed by atoms with E-state index in [1.165, 1.54) is 19.3 Å². The second-order valence-corrected chi connectivity index (χ2v) is 7.86. The van der Waals surface area contributed by atoms with Crippen molar-refractivity contribution >= 4 is 23.7 Å². The first-order chi connectivity index (χ1) is 12.2. The third-order valence-corrected chi connectivity index (χ3v) is 6.06. The topological polar surface area (TPSA) is 23.6 Å². The van der Waals surface area contributed by atoms with E-state index in [9.17, 15) is 9.18 Å². The summed E-state index contributed by atoms with van der Waals surface area (Å²) in [7, 11) is 0. The fraction of sp³-hybridized carbons (Fsp3) is 0.650. The highest BCUT2D eigenvalue weighted by molar-refractivity contribution is 6.31. The Morgan fingerprint density at radius 3 is 2.76 bits per heavy atom. The minimum atomic E-state index is -0.318. The smallest absolute Gasteiger partial charge is 0.209 e. The van der Waals surface area contributed by atoms with Gasteiger partial charge in [-0.1, -0.05) is 36.9 Å². The average Bonchev–Trinajstić information content (AvgIpc) is 2.65. The molecule has 1 aromatic carbocycles. The lowest BCUT2D eigenvalue weighted by molar-refractivity contribution is -0.121. The molecule has 0 N–H and O–H groups in total. The normalized spacial score (nSPS) is 22.0. The Morgan fingerprint density at radius 1 is 1.20 bits per heavy atom. The highest BCUT2D eigenvalue weighted by atomic mass is 35.5. The predicted octanol–water partition coefficient (Wildman–Crippen LogP) is 4.88. The predicted molar refractivity (Wildman–Crippen MR) is 101 cm³/mol. The number of carbonyl (C=O) groups excluding carboxylic acids is 1. The van der Waals surface area contributed by atoms with Gasteiger partial charge >= 0.3 is 0 Å². The molecule has 1 aliphatic heterocycles. The highest BCUT2D eigenvalue weighted by Crippen LogP contribution is 2.30. The molecule has 1 atom stereocenters. The van der Waals surface area contributed by atoms with Gasteiger partial charge < -0.3 is 9.80 Å². The summed E-state index contributed by atoms with van der Waals surface area (Å²) in [5.74, 6) is 0.180. The first-order valence-electron chi connectivity index (χ1n) is 9.59. The van der Waals surface area contributed by atoms with Crippen molar-refractivity contribution < 1.29 is 9.18 Å². The maximum Gasteiger partial charge on any atom is 0.209 e. The second kappa shape index (κ2) is 8.88. The molecule has 1 heterocycles. The standard InChI is InChI=1S/C20H28ClFN2O/c21-18-9-4-10-19(20(18)22)23-12-5-6-16(14-23)11-13-24(15-25)17-7-2-1-3-8-17/h4,9-10,15-17H,1-3,5-8,11-14H2. The summed E-state index contributed by atoms with van der Waals surface area (Å²) >= 11 is 5.93. The van der Waals surface area contributed by atoms with Gasteiger partial charge in [-0.3, -0.25) is 4.79 Å². The molecular weight excluding hydrogens is 339 g/mol. The van der Waals surface area contributed by atoms with E-state index in [1.54, 1.807) is 6.07 Å². The third-order valence-electron chi connectivity index (χ3n) is 5.77. The molecule has 1 saturated carbocycles. The van der Waals surface area contributed by atoms with Crippen LogP contribution in [0.4, 0.5) is 10.1 Å². The highest BCUT2D eigenvalue weighted by Gasteiger charge is 2.25. The fourth-order valence-corrected chi connectivity index (χ4v) is 4.49. The van der Waals surface area contributed by atoms with Gasteiger partial charge in [0.2, 0.25) is 6.41 Å². The number of piperidine rings is 1. The molecule has 3 rings (SSSR count). The zero-order chi connectivity index (χ0) is 17.6. The molecule has 25 heavy (non-hydrogen) atoms. The van der Waals surface area contributed by atoms with Gasteiger partial charge in [-0.25, -0.2) is 4.39 Å². The molecule has 1 unspecified atom stereocenters. The second-order valence-electron chi connectivity index (χ2n) is 7.45. The molecule has 2 fully saturated rings. The van der Waals surface area contributed by atoms with Crippen molar-refractivity contribution in [2.24, 2.45) is 5.92 Å². The third kappa shape index (κ3) is 4.66. The summed E-state index contributed by atoms with van der Waals surface area (Å²) in [6.07, 6.45) is 10.3. The Morgan fingerprint density at radius 2 is 2.00 bits per heavy atom. The number of hydrogen-bond acceptors (Lipinski definition) is 2. The number of carbonyl (C=O) groups is 1. The van der Waals surface area contributed by atoms with Gasteiger partial charge in [-0.05, 0) is 50.2 Å². The van der Waals surface area contributed by atoms with Crippen LogP contribution in [-0.4, -0.2) is 37.0 Å². The van der Waals surface area contributed by atoms with Crippen LogP contribution in [0.1, 0.15) is 51.4 Å². The molecule has 0 radical (unpaired) electrons. The minimum absolute atomic E-state index is 0.184. The van der Waals surface area contributed by atoms with Crippen molar-refractivity contribution in [2.75, 3.05) is 24.5 Å². The van der Waals surface area contributed by atoms with E-state index in [0.29, 0.717) is 17.6 Å². The number of hydrogen-bond donors (Lipinski definition) is 0. The Bertz CT molecular complexity index is 577. The minimum Gasteiger partial charge on any atom is -0.369 e. The van der Waals surface area contributed by atoms with Crippen LogP contribution in [0.25, 0.3) is 0 Å². The molecule has 0 bridgehead atoms. The summed E-state index contributed by atoms with van der Waals surface area (Å²) in [4.78, 5) is 15.6. The van der Waals surface area contributed by atoms with Crippen LogP contribution in [0.3, 0.4) is 0 Å². The van der Waals surface area contributed by atoms with E-state index in [1.807, 2.05) is 17.0 Å². The van der Waals surface area contributed by atoms with Crippen LogP contribution in [0.5, 0.6) is 0 Å². The fourth-order valence-electron chi connectivity index (χ4n) is 4.32. The largest absolute Gasteiger partial charge is 0.369 e. The van der Waals surface area contributed by atoms with E-state index in [0.717, 1.165) is 58.1 Å². The van der Waals surface area contributed by atoms with Crippen LogP contribution in [0.15, 0.2) is 18.2 Å². The van der Waals surface area contributed by atoms with Crippen LogP contribution in [-0.2, 0) is 4.79 Å². The Labute approximate surface area is 155 Å². The van der Waals surface area contributed by atoms with Crippen molar-refractivity contribution in [1.29, 1.82) is 0 Å². The zero-order valence-corrected chi connectivity index (χ0v) is 15.6. The van der Waals surface area contributed by atoms with Gasteiger partial charge in [-0.2, -0.15) is 0 Å². The summed E-state index contributed by atoms with van der Waals surface area (Å²) in [6, 6.07) is 5.63. The summed E-state index contributed by atoms with van der Waals surface area (Å²) in [5, 5.41) is 0.184. The molecule has 138 valence electrons. The van der Waals surface area contributed by atoms with Crippen molar-refractivity contribution in [3.8, 4) is 0 Å². The maximum absolute atomic E-state index is 14.3. The number of anilines is 1. The van der Waals surface area contributed by atoms with E-state index >= 15 is 0 Å². The van der Waals surface area contributed by atoms with Crippen LogP contribution < -0.4 is 4.90 Å². The van der Waals surface area contributed by atoms with Gasteiger partial charge in [-0.15, -0.1) is 0 Å². The average molecular weight is 367 g/mol. The van der Waals surface area contributed by atoms with Gasteiger partial charge in [0.05, 0.1) is 10.7 Å². The lowest BCUT2D eigenvalue weighted by atomic mass is 9.92. The summed E-state index contributed by atoms with van der Waals surface area (Å²) in [5.41, 5.74) is 0.608. The number of rotatable bonds is 6. The monoisotopic (exact) mass is 366 g/mol. The molecule has 1 aliphatic carbocycles. The molecular formula is C20H28ClFN2O. The first-order valence-corrected chi connectivity index (χ1v) is 9.97. The van der Waals surface area contributed by atoms with E-state index < -0.39 is 0 Å². The molecule has 1 amide bonds. The van der Waals surface area contributed by atoms with Crippen molar-refractivity contribution in [3.05, 3.63) is 29.0 Å². The van der Waals surface area contributed by atoms with E-state index in [2.05, 4.69) is 4.90 Å². The molecule has 3 nitrogen and oxygen atoms in total. The Hall–Kier alpha value is -1.29. The first kappa shape index (κ1) is 18.5.